The SMILES string of the molecule is CN(C)c1c(CS(=O)(=O)C2=CC(C)(C)ON2)c(C(F)(F)F)nn1-c1ccccc1. The van der Waals surface area contributed by atoms with Gasteiger partial charge in [-0.05, 0) is 32.1 Å². The molecule has 1 aromatic carbocycles. The molecule has 29 heavy (non-hydrogen) atoms. The Morgan fingerprint density at radius 3 is 2.31 bits per heavy atom. The van der Waals surface area contributed by atoms with E-state index in [0.29, 0.717) is 5.69 Å². The zero-order valence-corrected chi connectivity index (χ0v) is 17.1. The Balaban J connectivity index is 2.18. The molecule has 2 heterocycles. The second-order valence-corrected chi connectivity index (χ2v) is 9.32. The van der Waals surface area contributed by atoms with Crippen molar-refractivity contribution in [2.24, 2.45) is 0 Å². The van der Waals surface area contributed by atoms with Crippen LogP contribution in [0.4, 0.5) is 19.0 Å². The van der Waals surface area contributed by atoms with Crippen LogP contribution in [0, 0.1) is 0 Å². The summed E-state index contributed by atoms with van der Waals surface area (Å²) in [6.07, 6.45) is -3.50. The summed E-state index contributed by atoms with van der Waals surface area (Å²) in [7, 11) is -1.08. The van der Waals surface area contributed by atoms with Crippen LogP contribution in [0.1, 0.15) is 25.1 Å². The van der Waals surface area contributed by atoms with Crippen molar-refractivity contribution in [3.05, 3.63) is 52.7 Å². The number of halogens is 3. The summed E-state index contributed by atoms with van der Waals surface area (Å²) in [4.78, 5) is 6.57. The van der Waals surface area contributed by atoms with E-state index in [2.05, 4.69) is 10.6 Å². The molecule has 1 aliphatic heterocycles. The Bertz CT molecular complexity index is 1040. The summed E-state index contributed by atoms with van der Waals surface area (Å²) in [5.41, 5.74) is 0.116. The van der Waals surface area contributed by atoms with E-state index in [0.717, 1.165) is 4.68 Å². The maximum atomic E-state index is 13.8. The molecule has 1 aromatic heterocycles. The third-order valence-corrected chi connectivity index (χ3v) is 5.75. The predicted molar refractivity (Wildman–Crippen MR) is 102 cm³/mol. The van der Waals surface area contributed by atoms with Crippen LogP contribution in [0.15, 0.2) is 41.4 Å². The first-order valence-corrected chi connectivity index (χ1v) is 10.3. The number of aromatic nitrogens is 2. The average Bonchev–Trinajstić information content (AvgIpc) is 3.16. The molecule has 0 atom stereocenters. The first kappa shape index (κ1) is 21.2. The molecule has 0 radical (unpaired) electrons. The molecular formula is C18H21F3N4O3S. The molecule has 1 N–H and O–H groups in total. The van der Waals surface area contributed by atoms with E-state index >= 15 is 0 Å². The van der Waals surface area contributed by atoms with Crippen LogP contribution in [0.5, 0.6) is 0 Å². The van der Waals surface area contributed by atoms with Gasteiger partial charge in [0.25, 0.3) is 0 Å². The number of benzene rings is 1. The molecule has 7 nitrogen and oxygen atoms in total. The Morgan fingerprint density at radius 2 is 1.83 bits per heavy atom. The molecule has 158 valence electrons. The van der Waals surface area contributed by atoms with Gasteiger partial charge in [-0.15, -0.1) is 0 Å². The highest BCUT2D eigenvalue weighted by Crippen LogP contribution is 2.38. The zero-order valence-electron chi connectivity index (χ0n) is 16.3. The number of anilines is 1. The highest BCUT2D eigenvalue weighted by Gasteiger charge is 2.42. The maximum absolute atomic E-state index is 13.8. The number of nitrogens with one attached hydrogen (secondary N) is 1. The van der Waals surface area contributed by atoms with Crippen LogP contribution in [0.2, 0.25) is 0 Å². The second kappa shape index (κ2) is 7.06. The number of alkyl halides is 3. The lowest BCUT2D eigenvalue weighted by molar-refractivity contribution is -0.141. The first-order valence-electron chi connectivity index (χ1n) is 8.63. The zero-order chi connectivity index (χ0) is 21.6. The summed E-state index contributed by atoms with van der Waals surface area (Å²) >= 11 is 0. The van der Waals surface area contributed by atoms with E-state index < -0.39 is 38.6 Å². The van der Waals surface area contributed by atoms with E-state index in [9.17, 15) is 21.6 Å². The lowest BCUT2D eigenvalue weighted by Gasteiger charge is -2.17. The molecule has 0 unspecified atom stereocenters. The van der Waals surface area contributed by atoms with Gasteiger partial charge in [0.2, 0.25) is 0 Å². The third kappa shape index (κ3) is 4.25. The Hall–Kier alpha value is -2.53. The maximum Gasteiger partial charge on any atom is 0.435 e. The van der Waals surface area contributed by atoms with Crippen molar-refractivity contribution in [2.75, 3.05) is 19.0 Å². The topological polar surface area (TPSA) is 76.5 Å². The molecule has 11 heteroatoms. The molecule has 0 aliphatic carbocycles. The molecule has 0 bridgehead atoms. The van der Waals surface area contributed by atoms with Gasteiger partial charge in [0.1, 0.15) is 11.4 Å². The van der Waals surface area contributed by atoms with Crippen LogP contribution in [-0.2, 0) is 26.6 Å². The highest BCUT2D eigenvalue weighted by atomic mass is 32.2. The molecule has 0 saturated heterocycles. The molecule has 0 amide bonds. The highest BCUT2D eigenvalue weighted by molar-refractivity contribution is 7.94. The standard InChI is InChI=1S/C18H21F3N4O3S/c1-17(2)10-14(23-28-17)29(26,27)11-13-15(18(19,20)21)22-25(16(13)24(3)4)12-8-6-5-7-9-12/h5-10,23H,11H2,1-4H3. The normalized spacial score (nSPS) is 16.4. The number of hydrogen-bond acceptors (Lipinski definition) is 6. The summed E-state index contributed by atoms with van der Waals surface area (Å²) in [5, 5.41) is 3.46. The molecule has 1 aliphatic rings. The molecule has 0 fully saturated rings. The molecule has 0 saturated carbocycles. The lowest BCUT2D eigenvalue weighted by Crippen LogP contribution is -2.23. The third-order valence-electron chi connectivity index (χ3n) is 4.21. The van der Waals surface area contributed by atoms with Crippen LogP contribution < -0.4 is 10.4 Å². The molecule has 3 rings (SSSR count). The Labute approximate surface area is 166 Å². The minimum Gasteiger partial charge on any atom is -0.362 e. The summed E-state index contributed by atoms with van der Waals surface area (Å²) < 4.78 is 68.1. The van der Waals surface area contributed by atoms with Crippen molar-refractivity contribution < 1.29 is 26.4 Å². The summed E-state index contributed by atoms with van der Waals surface area (Å²) in [6.45, 7) is 3.25. The van der Waals surface area contributed by atoms with Crippen LogP contribution >= 0.6 is 0 Å². The van der Waals surface area contributed by atoms with E-state index in [1.165, 1.54) is 25.1 Å². The number of nitrogens with zero attached hydrogens (tertiary/aromatic N) is 3. The molecular weight excluding hydrogens is 409 g/mol. The Morgan fingerprint density at radius 1 is 1.21 bits per heavy atom. The summed E-state index contributed by atoms with van der Waals surface area (Å²) in [6, 6.07) is 8.23. The first-order chi connectivity index (χ1) is 13.3. The quantitative estimate of drug-likeness (QED) is 0.786. The molecule has 2 aromatic rings. The van der Waals surface area contributed by atoms with Gasteiger partial charge in [-0.3, -0.25) is 10.3 Å². The van der Waals surface area contributed by atoms with Crippen molar-refractivity contribution in [1.29, 1.82) is 0 Å². The molecule has 0 spiro atoms. The van der Waals surface area contributed by atoms with E-state index in [-0.39, 0.29) is 10.8 Å². The van der Waals surface area contributed by atoms with Gasteiger partial charge >= 0.3 is 6.18 Å². The van der Waals surface area contributed by atoms with E-state index in [4.69, 9.17) is 4.84 Å². The van der Waals surface area contributed by atoms with Crippen LogP contribution in [0.25, 0.3) is 5.69 Å². The number of para-hydroxylation sites is 1. The van der Waals surface area contributed by atoms with Crippen LogP contribution in [-0.4, -0.2) is 37.9 Å². The van der Waals surface area contributed by atoms with Gasteiger partial charge in [-0.2, -0.15) is 18.3 Å². The number of hydroxylamine groups is 1. The van der Waals surface area contributed by atoms with Gasteiger partial charge in [0, 0.05) is 19.7 Å². The van der Waals surface area contributed by atoms with Crippen molar-refractivity contribution in [1.82, 2.24) is 15.3 Å². The van der Waals surface area contributed by atoms with Crippen molar-refractivity contribution in [3.63, 3.8) is 0 Å². The van der Waals surface area contributed by atoms with Crippen molar-refractivity contribution in [3.8, 4) is 5.69 Å². The number of hydrogen-bond donors (Lipinski definition) is 1. The predicted octanol–water partition coefficient (Wildman–Crippen LogP) is 3.03. The van der Waals surface area contributed by atoms with Gasteiger partial charge in [0.15, 0.2) is 20.6 Å². The van der Waals surface area contributed by atoms with Crippen LogP contribution in [0.3, 0.4) is 0 Å². The number of rotatable bonds is 5. The fourth-order valence-electron chi connectivity index (χ4n) is 2.99. The van der Waals surface area contributed by atoms with Gasteiger partial charge in [0.05, 0.1) is 11.4 Å². The fraction of sp³-hybridized carbons (Fsp3) is 0.389. The minimum absolute atomic E-state index is 0.0332. The summed E-state index contributed by atoms with van der Waals surface area (Å²) in [5.74, 6) is -0.855. The largest absolute Gasteiger partial charge is 0.435 e. The smallest absolute Gasteiger partial charge is 0.362 e. The Kier molecular flexibility index (Phi) is 5.16. The van der Waals surface area contributed by atoms with Gasteiger partial charge in [-0.25, -0.2) is 13.1 Å². The van der Waals surface area contributed by atoms with E-state index in [1.54, 1.807) is 44.2 Å². The second-order valence-electron chi connectivity index (χ2n) is 7.37. The van der Waals surface area contributed by atoms with Crippen molar-refractivity contribution >= 4 is 15.7 Å². The van der Waals surface area contributed by atoms with Crippen molar-refractivity contribution in [2.45, 2.75) is 31.4 Å². The van der Waals surface area contributed by atoms with E-state index in [1.807, 2.05) is 0 Å². The average molecular weight is 430 g/mol. The van der Waals surface area contributed by atoms with Gasteiger partial charge in [-0.1, -0.05) is 18.2 Å². The monoisotopic (exact) mass is 430 g/mol. The number of sulfone groups is 1. The fourth-order valence-corrected chi connectivity index (χ4v) is 4.42. The minimum atomic E-state index is -4.83. The van der Waals surface area contributed by atoms with Gasteiger partial charge < -0.3 is 4.90 Å². The lowest BCUT2D eigenvalue weighted by atomic mass is 10.1.